The van der Waals surface area contributed by atoms with Gasteiger partial charge in [0.15, 0.2) is 0 Å². The van der Waals surface area contributed by atoms with Crippen LogP contribution in [0.3, 0.4) is 0 Å². The lowest BCUT2D eigenvalue weighted by atomic mass is 9.90. The highest BCUT2D eigenvalue weighted by atomic mass is 32.2. The van der Waals surface area contributed by atoms with Gasteiger partial charge in [0.05, 0.1) is 18.9 Å². The maximum atomic E-state index is 12.6. The zero-order valence-electron chi connectivity index (χ0n) is 14.1. The van der Waals surface area contributed by atoms with E-state index >= 15 is 0 Å². The van der Waals surface area contributed by atoms with Crippen LogP contribution in [-0.2, 0) is 22.9 Å². The van der Waals surface area contributed by atoms with Gasteiger partial charge in [0.25, 0.3) is 0 Å². The quantitative estimate of drug-likeness (QED) is 0.836. The SMILES string of the molecule is CCS(=O)(=O)N1CCc2cc(OC)ccc2C1Cc1ccccc1. The molecule has 0 aliphatic carbocycles. The fourth-order valence-corrected chi connectivity index (χ4v) is 4.62. The van der Waals surface area contributed by atoms with Crippen molar-refractivity contribution in [2.45, 2.75) is 25.8 Å². The van der Waals surface area contributed by atoms with Gasteiger partial charge >= 0.3 is 0 Å². The van der Waals surface area contributed by atoms with Gasteiger partial charge in [-0.2, -0.15) is 4.31 Å². The molecule has 2 aromatic carbocycles. The number of benzene rings is 2. The van der Waals surface area contributed by atoms with Gasteiger partial charge in [-0.3, -0.25) is 0 Å². The number of methoxy groups -OCH3 is 1. The van der Waals surface area contributed by atoms with Crippen LogP contribution in [0.1, 0.15) is 29.7 Å². The minimum absolute atomic E-state index is 0.129. The third-order valence-electron chi connectivity index (χ3n) is 4.65. The van der Waals surface area contributed by atoms with E-state index in [4.69, 9.17) is 4.74 Å². The van der Waals surface area contributed by atoms with Crippen molar-refractivity contribution in [2.75, 3.05) is 19.4 Å². The molecule has 5 heteroatoms. The minimum atomic E-state index is -3.25. The molecule has 0 aromatic heterocycles. The molecule has 0 saturated heterocycles. The largest absolute Gasteiger partial charge is 0.497 e. The van der Waals surface area contributed by atoms with Crippen LogP contribution in [0.5, 0.6) is 5.75 Å². The third kappa shape index (κ3) is 3.32. The minimum Gasteiger partial charge on any atom is -0.497 e. The molecule has 3 rings (SSSR count). The van der Waals surface area contributed by atoms with Crippen LogP contribution in [-0.4, -0.2) is 32.1 Å². The fraction of sp³-hybridized carbons (Fsp3) is 0.368. The van der Waals surface area contributed by atoms with Gasteiger partial charge in [-0.1, -0.05) is 36.4 Å². The number of sulfonamides is 1. The van der Waals surface area contributed by atoms with Crippen LogP contribution in [0.4, 0.5) is 0 Å². The summed E-state index contributed by atoms with van der Waals surface area (Å²) in [6.45, 7) is 2.23. The highest BCUT2D eigenvalue weighted by Crippen LogP contribution is 2.36. The summed E-state index contributed by atoms with van der Waals surface area (Å²) < 4.78 is 32.2. The Morgan fingerprint density at radius 3 is 2.58 bits per heavy atom. The first-order valence-electron chi connectivity index (χ1n) is 8.25. The smallest absolute Gasteiger partial charge is 0.214 e. The topological polar surface area (TPSA) is 46.6 Å². The zero-order chi connectivity index (χ0) is 17.2. The van der Waals surface area contributed by atoms with E-state index in [0.29, 0.717) is 13.0 Å². The number of nitrogens with zero attached hydrogens (tertiary/aromatic N) is 1. The standard InChI is InChI=1S/C19H23NO3S/c1-3-24(21,22)20-12-11-16-14-17(23-2)9-10-18(16)19(20)13-15-7-5-4-6-8-15/h4-10,14,19H,3,11-13H2,1-2H3. The second-order valence-electron chi connectivity index (χ2n) is 6.03. The predicted octanol–water partition coefficient (Wildman–Crippen LogP) is 3.19. The van der Waals surface area contributed by atoms with Gasteiger partial charge in [0.1, 0.15) is 5.75 Å². The fourth-order valence-electron chi connectivity index (χ4n) is 3.34. The van der Waals surface area contributed by atoms with E-state index in [2.05, 4.69) is 12.1 Å². The molecule has 0 fully saturated rings. The maximum Gasteiger partial charge on any atom is 0.214 e. The molecule has 1 aliphatic rings. The summed E-state index contributed by atoms with van der Waals surface area (Å²) in [4.78, 5) is 0. The van der Waals surface area contributed by atoms with E-state index in [1.165, 1.54) is 5.56 Å². The van der Waals surface area contributed by atoms with Gasteiger partial charge in [-0.05, 0) is 48.6 Å². The summed E-state index contributed by atoms with van der Waals surface area (Å²) in [6.07, 6.45) is 1.40. The van der Waals surface area contributed by atoms with Crippen LogP contribution < -0.4 is 4.74 Å². The van der Waals surface area contributed by atoms with E-state index in [1.54, 1.807) is 18.3 Å². The van der Waals surface area contributed by atoms with Crippen LogP contribution in [0, 0.1) is 0 Å². The average molecular weight is 345 g/mol. The van der Waals surface area contributed by atoms with Crippen LogP contribution in [0.2, 0.25) is 0 Å². The van der Waals surface area contributed by atoms with Crippen molar-refractivity contribution < 1.29 is 13.2 Å². The third-order valence-corrected chi connectivity index (χ3v) is 6.53. The van der Waals surface area contributed by atoms with E-state index in [-0.39, 0.29) is 11.8 Å². The Bertz CT molecular complexity index is 803. The monoisotopic (exact) mass is 345 g/mol. The number of fused-ring (bicyclic) bond motifs is 1. The molecule has 0 bridgehead atoms. The van der Waals surface area contributed by atoms with Crippen molar-refractivity contribution in [1.82, 2.24) is 4.31 Å². The lowest BCUT2D eigenvalue weighted by Crippen LogP contribution is -2.41. The molecule has 2 aromatic rings. The summed E-state index contributed by atoms with van der Waals surface area (Å²) in [5.41, 5.74) is 3.41. The molecule has 0 radical (unpaired) electrons. The van der Waals surface area contributed by atoms with Gasteiger partial charge in [-0.15, -0.1) is 0 Å². The van der Waals surface area contributed by atoms with Gasteiger partial charge in [0.2, 0.25) is 10.0 Å². The molecule has 24 heavy (non-hydrogen) atoms. The molecular formula is C19H23NO3S. The normalized spacial score (nSPS) is 18.2. The Balaban J connectivity index is 2.03. The summed E-state index contributed by atoms with van der Waals surface area (Å²) >= 11 is 0. The highest BCUT2D eigenvalue weighted by Gasteiger charge is 2.34. The first kappa shape index (κ1) is 17.0. The van der Waals surface area contributed by atoms with Crippen molar-refractivity contribution >= 4 is 10.0 Å². The Labute approximate surface area is 144 Å². The number of hydrogen-bond acceptors (Lipinski definition) is 3. The average Bonchev–Trinajstić information content (AvgIpc) is 2.62. The Morgan fingerprint density at radius 2 is 1.92 bits per heavy atom. The molecule has 1 aliphatic heterocycles. The first-order valence-corrected chi connectivity index (χ1v) is 9.86. The van der Waals surface area contributed by atoms with Crippen molar-refractivity contribution in [3.05, 3.63) is 65.2 Å². The molecule has 1 heterocycles. The molecule has 0 spiro atoms. The van der Waals surface area contributed by atoms with Crippen molar-refractivity contribution in [2.24, 2.45) is 0 Å². The summed E-state index contributed by atoms with van der Waals surface area (Å²) in [5, 5.41) is 0. The number of hydrogen-bond donors (Lipinski definition) is 0. The zero-order valence-corrected chi connectivity index (χ0v) is 14.9. The van der Waals surface area contributed by atoms with Gasteiger partial charge < -0.3 is 4.74 Å². The lowest BCUT2D eigenvalue weighted by Gasteiger charge is -2.36. The molecule has 4 nitrogen and oxygen atoms in total. The molecule has 0 N–H and O–H groups in total. The van der Waals surface area contributed by atoms with Crippen LogP contribution in [0.15, 0.2) is 48.5 Å². The Kier molecular flexibility index (Phi) is 4.92. The summed E-state index contributed by atoms with van der Waals surface area (Å²) in [5.74, 6) is 0.947. The van der Waals surface area contributed by atoms with E-state index in [9.17, 15) is 8.42 Å². The number of ether oxygens (including phenoxy) is 1. The van der Waals surface area contributed by atoms with E-state index in [0.717, 1.165) is 23.3 Å². The predicted molar refractivity (Wildman–Crippen MR) is 95.8 cm³/mol. The molecule has 0 saturated carbocycles. The van der Waals surface area contributed by atoms with Crippen LogP contribution in [0.25, 0.3) is 0 Å². The molecule has 1 atom stereocenters. The second kappa shape index (κ2) is 6.95. The van der Waals surface area contributed by atoms with Crippen molar-refractivity contribution in [3.8, 4) is 5.75 Å². The lowest BCUT2D eigenvalue weighted by molar-refractivity contribution is 0.305. The summed E-state index contributed by atoms with van der Waals surface area (Å²) in [7, 11) is -1.59. The van der Waals surface area contributed by atoms with Crippen LogP contribution >= 0.6 is 0 Å². The maximum absolute atomic E-state index is 12.6. The second-order valence-corrected chi connectivity index (χ2v) is 8.24. The molecular weight excluding hydrogens is 322 g/mol. The molecule has 128 valence electrons. The molecule has 1 unspecified atom stereocenters. The van der Waals surface area contributed by atoms with Crippen molar-refractivity contribution in [1.29, 1.82) is 0 Å². The van der Waals surface area contributed by atoms with E-state index in [1.807, 2.05) is 36.4 Å². The summed E-state index contributed by atoms with van der Waals surface area (Å²) in [6, 6.07) is 15.9. The van der Waals surface area contributed by atoms with Gasteiger partial charge in [-0.25, -0.2) is 8.42 Å². The molecule has 0 amide bonds. The van der Waals surface area contributed by atoms with Crippen molar-refractivity contribution in [3.63, 3.8) is 0 Å². The Hall–Kier alpha value is -1.85. The first-order chi connectivity index (χ1) is 11.5. The Morgan fingerprint density at radius 1 is 1.17 bits per heavy atom. The van der Waals surface area contributed by atoms with E-state index < -0.39 is 10.0 Å². The number of rotatable bonds is 5. The highest BCUT2D eigenvalue weighted by molar-refractivity contribution is 7.89. The van der Waals surface area contributed by atoms with Gasteiger partial charge in [0, 0.05) is 6.54 Å².